The zero-order valence-corrected chi connectivity index (χ0v) is 15.7. The predicted molar refractivity (Wildman–Crippen MR) is 106 cm³/mol. The van der Waals surface area contributed by atoms with E-state index >= 15 is 0 Å². The highest BCUT2D eigenvalue weighted by molar-refractivity contribution is 7.99. The van der Waals surface area contributed by atoms with Crippen LogP contribution in [0.1, 0.15) is 13.3 Å². The van der Waals surface area contributed by atoms with Gasteiger partial charge in [0, 0.05) is 18.5 Å². The Hall–Kier alpha value is -2.87. The third kappa shape index (κ3) is 3.28. The largest absolute Gasteiger partial charge is 0.350 e. The fourth-order valence-corrected chi connectivity index (χ4v) is 3.96. The van der Waals surface area contributed by atoms with Crippen molar-refractivity contribution >= 4 is 28.3 Å². The van der Waals surface area contributed by atoms with Crippen LogP contribution in [-0.2, 0) is 13.1 Å². The predicted octanol–water partition coefficient (Wildman–Crippen LogP) is 2.41. The van der Waals surface area contributed by atoms with Gasteiger partial charge in [0.1, 0.15) is 0 Å². The molecule has 0 saturated carbocycles. The number of rotatable bonds is 6. The maximum Gasteiger partial charge on any atom is 0.350 e. The minimum Gasteiger partial charge on any atom is -0.287 e. The number of aromatic nitrogens is 5. The summed E-state index contributed by atoms with van der Waals surface area (Å²) in [5, 5.41) is 5.64. The quantitative estimate of drug-likeness (QED) is 0.379. The molecule has 0 radical (unpaired) electrons. The normalized spacial score (nSPS) is 11.4. The van der Waals surface area contributed by atoms with Crippen molar-refractivity contribution in [1.82, 2.24) is 23.7 Å². The molecule has 3 aromatic heterocycles. The van der Waals surface area contributed by atoms with Gasteiger partial charge in [0.05, 0.1) is 17.4 Å². The Morgan fingerprint density at radius 2 is 1.85 bits per heavy atom. The monoisotopic (exact) mass is 381 g/mol. The zero-order chi connectivity index (χ0) is 18.8. The third-order valence-electron chi connectivity index (χ3n) is 4.30. The summed E-state index contributed by atoms with van der Waals surface area (Å²) >= 11 is 1.47. The van der Waals surface area contributed by atoms with E-state index in [1.807, 2.05) is 37.3 Å². The van der Waals surface area contributed by atoms with Crippen LogP contribution in [0, 0.1) is 0 Å². The molecule has 0 fully saturated rings. The van der Waals surface area contributed by atoms with E-state index in [4.69, 9.17) is 0 Å². The lowest BCUT2D eigenvalue weighted by Crippen LogP contribution is -2.24. The Morgan fingerprint density at radius 3 is 2.67 bits per heavy atom. The summed E-state index contributed by atoms with van der Waals surface area (Å²) in [6, 6.07) is 12.8. The lowest BCUT2D eigenvalue weighted by molar-refractivity contribution is 0.582. The van der Waals surface area contributed by atoms with Gasteiger partial charge in [-0.15, -0.1) is 5.10 Å². The number of para-hydroxylation sites is 1. The van der Waals surface area contributed by atoms with Crippen LogP contribution in [0.4, 0.5) is 0 Å². The fraction of sp³-hybridized carbons (Fsp3) is 0.263. The molecular formula is C19H19N5O2S. The lowest BCUT2D eigenvalue weighted by Gasteiger charge is -2.12. The molecule has 0 unspecified atom stereocenters. The van der Waals surface area contributed by atoms with Gasteiger partial charge in [0.15, 0.2) is 10.8 Å². The summed E-state index contributed by atoms with van der Waals surface area (Å²) in [7, 11) is 0. The molecule has 4 aromatic rings. The number of fused-ring (bicyclic) bond motifs is 2. The van der Waals surface area contributed by atoms with Crippen molar-refractivity contribution < 1.29 is 0 Å². The van der Waals surface area contributed by atoms with Gasteiger partial charge in [0.2, 0.25) is 0 Å². The van der Waals surface area contributed by atoms with E-state index in [0.29, 0.717) is 40.5 Å². The number of aryl methyl sites for hydroxylation is 1. The van der Waals surface area contributed by atoms with Crippen molar-refractivity contribution in [3.8, 4) is 0 Å². The van der Waals surface area contributed by atoms with E-state index in [1.165, 1.54) is 20.8 Å². The number of pyridine rings is 1. The van der Waals surface area contributed by atoms with Gasteiger partial charge in [-0.1, -0.05) is 36.9 Å². The highest BCUT2D eigenvalue weighted by Gasteiger charge is 2.12. The standard InChI is InChI=1S/C19H19N5O2S/c1-2-10-23-17(25)14-7-3-4-8-15(14)20-18(23)27-13-12-24-19(26)22-11-6-5-9-16(22)21-24/h3-9,11H,2,10,12-13H2,1H3. The van der Waals surface area contributed by atoms with Gasteiger partial charge in [-0.2, -0.15) is 0 Å². The molecule has 8 heteroatoms. The second kappa shape index (κ2) is 7.40. The van der Waals surface area contributed by atoms with Crippen molar-refractivity contribution in [2.24, 2.45) is 0 Å². The van der Waals surface area contributed by atoms with Crippen molar-refractivity contribution in [3.63, 3.8) is 0 Å². The van der Waals surface area contributed by atoms with Crippen LogP contribution in [0.5, 0.6) is 0 Å². The van der Waals surface area contributed by atoms with Gasteiger partial charge in [-0.3, -0.25) is 13.8 Å². The van der Waals surface area contributed by atoms with Crippen molar-refractivity contribution in [1.29, 1.82) is 0 Å². The average Bonchev–Trinajstić information content (AvgIpc) is 3.01. The highest BCUT2D eigenvalue weighted by atomic mass is 32.2. The summed E-state index contributed by atoms with van der Waals surface area (Å²) < 4.78 is 4.69. The Kier molecular flexibility index (Phi) is 4.81. The molecule has 7 nitrogen and oxygen atoms in total. The second-order valence-electron chi connectivity index (χ2n) is 6.15. The summed E-state index contributed by atoms with van der Waals surface area (Å²) in [6.07, 6.45) is 2.55. The van der Waals surface area contributed by atoms with E-state index in [9.17, 15) is 9.59 Å². The van der Waals surface area contributed by atoms with Crippen molar-refractivity contribution in [3.05, 3.63) is 69.5 Å². The molecule has 0 aliphatic rings. The van der Waals surface area contributed by atoms with Crippen LogP contribution in [-0.4, -0.2) is 29.5 Å². The molecule has 0 aliphatic carbocycles. The van der Waals surface area contributed by atoms with Gasteiger partial charge in [0.25, 0.3) is 5.56 Å². The van der Waals surface area contributed by atoms with Crippen LogP contribution in [0.3, 0.4) is 0 Å². The number of thioether (sulfide) groups is 1. The third-order valence-corrected chi connectivity index (χ3v) is 5.25. The van der Waals surface area contributed by atoms with Crippen LogP contribution in [0.2, 0.25) is 0 Å². The molecule has 27 heavy (non-hydrogen) atoms. The molecule has 4 rings (SSSR count). The first-order chi connectivity index (χ1) is 13.2. The van der Waals surface area contributed by atoms with Crippen molar-refractivity contribution in [2.75, 3.05) is 5.75 Å². The SMILES string of the molecule is CCCn1c(SCCn2nc3ccccn3c2=O)nc2ccccc2c1=O. The van der Waals surface area contributed by atoms with Crippen LogP contribution < -0.4 is 11.2 Å². The van der Waals surface area contributed by atoms with Gasteiger partial charge in [-0.05, 0) is 30.7 Å². The molecule has 0 N–H and O–H groups in total. The maximum atomic E-state index is 12.8. The minimum absolute atomic E-state index is 0.0187. The Morgan fingerprint density at radius 1 is 1.04 bits per heavy atom. The molecular weight excluding hydrogens is 362 g/mol. The van der Waals surface area contributed by atoms with Crippen LogP contribution in [0.25, 0.3) is 16.6 Å². The van der Waals surface area contributed by atoms with E-state index in [1.54, 1.807) is 22.9 Å². The highest BCUT2D eigenvalue weighted by Crippen LogP contribution is 2.18. The zero-order valence-electron chi connectivity index (χ0n) is 14.9. The molecule has 1 aromatic carbocycles. The Balaban J connectivity index is 1.61. The number of hydrogen-bond donors (Lipinski definition) is 0. The first-order valence-corrected chi connectivity index (χ1v) is 9.84. The Bertz CT molecular complexity index is 1220. The van der Waals surface area contributed by atoms with Gasteiger partial charge < -0.3 is 0 Å². The molecule has 3 heterocycles. The maximum absolute atomic E-state index is 12.8. The molecule has 0 spiro atoms. The first-order valence-electron chi connectivity index (χ1n) is 8.85. The Labute approximate surface area is 159 Å². The fourth-order valence-electron chi connectivity index (χ4n) is 3.02. The van der Waals surface area contributed by atoms with E-state index in [0.717, 1.165) is 6.42 Å². The second-order valence-corrected chi connectivity index (χ2v) is 7.21. The number of nitrogens with zero attached hydrogens (tertiary/aromatic N) is 5. The molecule has 0 aliphatic heterocycles. The number of benzene rings is 1. The van der Waals surface area contributed by atoms with E-state index in [-0.39, 0.29) is 11.2 Å². The van der Waals surface area contributed by atoms with Gasteiger partial charge >= 0.3 is 5.69 Å². The molecule has 0 amide bonds. The van der Waals surface area contributed by atoms with Gasteiger partial charge in [-0.25, -0.2) is 14.5 Å². The topological polar surface area (TPSA) is 74.2 Å². The molecule has 0 saturated heterocycles. The number of hydrogen-bond acceptors (Lipinski definition) is 5. The van der Waals surface area contributed by atoms with Crippen molar-refractivity contribution in [2.45, 2.75) is 31.6 Å². The smallest absolute Gasteiger partial charge is 0.287 e. The van der Waals surface area contributed by atoms with E-state index < -0.39 is 0 Å². The molecule has 138 valence electrons. The minimum atomic E-state index is -0.163. The lowest BCUT2D eigenvalue weighted by atomic mass is 10.2. The van der Waals surface area contributed by atoms with E-state index in [2.05, 4.69) is 10.1 Å². The molecule has 0 atom stereocenters. The first kappa shape index (κ1) is 17.5. The summed E-state index contributed by atoms with van der Waals surface area (Å²) in [4.78, 5) is 29.8. The summed E-state index contributed by atoms with van der Waals surface area (Å²) in [5.74, 6) is 0.596. The average molecular weight is 381 g/mol. The summed E-state index contributed by atoms with van der Waals surface area (Å²) in [5.41, 5.74) is 1.14. The summed E-state index contributed by atoms with van der Waals surface area (Å²) in [6.45, 7) is 3.10. The van der Waals surface area contributed by atoms with Crippen LogP contribution in [0.15, 0.2) is 63.4 Å². The molecule has 0 bridgehead atoms. The van der Waals surface area contributed by atoms with Crippen LogP contribution >= 0.6 is 11.8 Å².